The van der Waals surface area contributed by atoms with Gasteiger partial charge in [0.25, 0.3) is 10.1 Å². The summed E-state index contributed by atoms with van der Waals surface area (Å²) in [6.45, 7) is 5.49. The standard InChI is InChI=1S/C19H27NO7S/c1-18(2,3)27-17(22)20-14-9-8-13-11-16(21)26-19(13,12-14)15(20)7-5-6-10-25-28(4,23)24/h8-9,11,14-15H,5-7,10,12H2,1-4H3/t14-,15+,19+/m1/s1. The van der Waals surface area contributed by atoms with E-state index < -0.39 is 33.4 Å². The summed E-state index contributed by atoms with van der Waals surface area (Å²) in [6.07, 6.45) is 7.96. The Morgan fingerprint density at radius 3 is 2.71 bits per heavy atom. The minimum Gasteiger partial charge on any atom is -0.449 e. The molecule has 0 aromatic carbocycles. The van der Waals surface area contributed by atoms with E-state index in [9.17, 15) is 18.0 Å². The van der Waals surface area contributed by atoms with Crippen LogP contribution in [0.4, 0.5) is 4.79 Å². The molecule has 0 aromatic heterocycles. The zero-order valence-electron chi connectivity index (χ0n) is 16.6. The molecule has 28 heavy (non-hydrogen) atoms. The maximum atomic E-state index is 12.9. The lowest BCUT2D eigenvalue weighted by molar-refractivity contribution is -0.148. The molecule has 1 saturated heterocycles. The van der Waals surface area contributed by atoms with Gasteiger partial charge in [0.1, 0.15) is 5.60 Å². The van der Waals surface area contributed by atoms with E-state index in [1.807, 2.05) is 12.2 Å². The van der Waals surface area contributed by atoms with E-state index in [1.165, 1.54) is 6.08 Å². The van der Waals surface area contributed by atoms with Gasteiger partial charge in [-0.1, -0.05) is 12.2 Å². The third kappa shape index (κ3) is 4.25. The van der Waals surface area contributed by atoms with Crippen LogP contribution in [0.1, 0.15) is 46.5 Å². The van der Waals surface area contributed by atoms with Crippen molar-refractivity contribution in [2.45, 2.75) is 69.7 Å². The maximum Gasteiger partial charge on any atom is 0.411 e. The number of hydrogen-bond donors (Lipinski definition) is 0. The molecule has 2 heterocycles. The van der Waals surface area contributed by atoms with Crippen LogP contribution in [0.15, 0.2) is 23.8 Å². The van der Waals surface area contributed by atoms with E-state index >= 15 is 0 Å². The SMILES string of the molecule is CC(C)(C)OC(=O)N1[C@@H]2C=CC3=CC(=O)O[C@]3(C2)[C@@H]1CCCCOS(C)(=O)=O. The summed E-state index contributed by atoms with van der Waals surface area (Å²) in [4.78, 5) is 26.5. The van der Waals surface area contributed by atoms with Crippen molar-refractivity contribution in [1.29, 1.82) is 0 Å². The van der Waals surface area contributed by atoms with Gasteiger partial charge in [0, 0.05) is 18.1 Å². The molecule has 156 valence electrons. The Morgan fingerprint density at radius 2 is 2.07 bits per heavy atom. The number of unbranched alkanes of at least 4 members (excludes halogenated alkanes) is 1. The van der Waals surface area contributed by atoms with Gasteiger partial charge < -0.3 is 9.47 Å². The summed E-state index contributed by atoms with van der Waals surface area (Å²) in [5, 5.41) is 0. The first-order valence-electron chi connectivity index (χ1n) is 9.40. The van der Waals surface area contributed by atoms with Crippen molar-refractivity contribution < 1.29 is 31.7 Å². The topological polar surface area (TPSA) is 99.2 Å². The zero-order chi connectivity index (χ0) is 20.7. The predicted octanol–water partition coefficient (Wildman–Crippen LogP) is 2.30. The second-order valence-electron chi connectivity index (χ2n) is 8.47. The average molecular weight is 413 g/mol. The van der Waals surface area contributed by atoms with Crippen LogP contribution in [-0.4, -0.2) is 61.5 Å². The fourth-order valence-corrected chi connectivity index (χ4v) is 4.52. The second-order valence-corrected chi connectivity index (χ2v) is 10.1. The van der Waals surface area contributed by atoms with E-state index in [2.05, 4.69) is 0 Å². The van der Waals surface area contributed by atoms with Crippen LogP contribution in [0.2, 0.25) is 0 Å². The first-order chi connectivity index (χ1) is 12.9. The summed E-state index contributed by atoms with van der Waals surface area (Å²) in [6, 6.07) is -0.589. The number of hydrogen-bond acceptors (Lipinski definition) is 7. The van der Waals surface area contributed by atoms with E-state index in [0.717, 1.165) is 11.8 Å². The fraction of sp³-hybridized carbons (Fsp3) is 0.684. The number of amides is 1. The highest BCUT2D eigenvalue weighted by molar-refractivity contribution is 7.85. The monoisotopic (exact) mass is 413 g/mol. The Morgan fingerprint density at radius 1 is 1.36 bits per heavy atom. The number of nitrogens with zero attached hydrogens (tertiary/aromatic N) is 1. The van der Waals surface area contributed by atoms with Crippen LogP contribution in [0.25, 0.3) is 0 Å². The Hall–Kier alpha value is -1.87. The van der Waals surface area contributed by atoms with Gasteiger partial charge in [0.05, 0.1) is 24.9 Å². The largest absolute Gasteiger partial charge is 0.449 e. The number of rotatable bonds is 6. The molecule has 1 fully saturated rings. The molecule has 3 rings (SSSR count). The number of carbonyl (C=O) groups is 2. The molecular formula is C19H27NO7S. The summed E-state index contributed by atoms with van der Waals surface area (Å²) in [7, 11) is -3.48. The van der Waals surface area contributed by atoms with Gasteiger partial charge in [-0.15, -0.1) is 0 Å². The quantitative estimate of drug-likeness (QED) is 0.374. The molecule has 0 radical (unpaired) electrons. The van der Waals surface area contributed by atoms with E-state index in [4.69, 9.17) is 13.7 Å². The van der Waals surface area contributed by atoms with Crippen LogP contribution in [0.3, 0.4) is 0 Å². The maximum absolute atomic E-state index is 12.9. The van der Waals surface area contributed by atoms with Crippen molar-refractivity contribution in [3.05, 3.63) is 23.8 Å². The summed E-state index contributed by atoms with van der Waals surface area (Å²) < 4.78 is 38.3. The van der Waals surface area contributed by atoms with Crippen molar-refractivity contribution in [3.8, 4) is 0 Å². The lowest BCUT2D eigenvalue weighted by atomic mass is 9.81. The number of esters is 1. The Bertz CT molecular complexity index is 824. The highest BCUT2D eigenvalue weighted by Gasteiger charge is 2.61. The molecule has 0 N–H and O–H groups in total. The van der Waals surface area contributed by atoms with Crippen LogP contribution in [-0.2, 0) is 28.6 Å². The third-order valence-corrected chi connectivity index (χ3v) is 5.65. The Kier molecular flexibility index (Phi) is 5.35. The van der Waals surface area contributed by atoms with Gasteiger partial charge in [-0.25, -0.2) is 9.59 Å². The number of carbonyl (C=O) groups excluding carboxylic acids is 2. The molecule has 8 nitrogen and oxygen atoms in total. The number of fused-ring (bicyclic) bond motifs is 1. The average Bonchev–Trinajstić information content (AvgIpc) is 2.98. The first-order valence-corrected chi connectivity index (χ1v) is 11.2. The minimum absolute atomic E-state index is 0.0785. The molecule has 0 aromatic rings. The van der Waals surface area contributed by atoms with Crippen molar-refractivity contribution in [3.63, 3.8) is 0 Å². The molecule has 1 spiro atoms. The van der Waals surface area contributed by atoms with Gasteiger partial charge in [0.2, 0.25) is 0 Å². The summed E-state index contributed by atoms with van der Waals surface area (Å²) >= 11 is 0. The minimum atomic E-state index is -3.48. The third-order valence-electron chi connectivity index (χ3n) is 5.06. The second kappa shape index (κ2) is 7.18. The van der Waals surface area contributed by atoms with Crippen LogP contribution < -0.4 is 0 Å². The first kappa shape index (κ1) is 20.9. The van der Waals surface area contributed by atoms with Crippen molar-refractivity contribution in [1.82, 2.24) is 4.90 Å². The van der Waals surface area contributed by atoms with Crippen LogP contribution in [0.5, 0.6) is 0 Å². The molecule has 3 aliphatic rings. The highest BCUT2D eigenvalue weighted by Crippen LogP contribution is 2.50. The highest BCUT2D eigenvalue weighted by atomic mass is 32.2. The van der Waals surface area contributed by atoms with Gasteiger partial charge in [-0.05, 0) is 40.0 Å². The predicted molar refractivity (Wildman–Crippen MR) is 101 cm³/mol. The molecule has 2 aliphatic heterocycles. The number of ether oxygens (including phenoxy) is 2. The van der Waals surface area contributed by atoms with Crippen molar-refractivity contribution in [2.24, 2.45) is 0 Å². The van der Waals surface area contributed by atoms with Crippen LogP contribution >= 0.6 is 0 Å². The van der Waals surface area contributed by atoms with E-state index in [-0.39, 0.29) is 18.7 Å². The van der Waals surface area contributed by atoms with Crippen molar-refractivity contribution in [2.75, 3.05) is 12.9 Å². The van der Waals surface area contributed by atoms with E-state index in [0.29, 0.717) is 25.7 Å². The lowest BCUT2D eigenvalue weighted by Crippen LogP contribution is -2.49. The zero-order valence-corrected chi connectivity index (χ0v) is 17.5. The summed E-state index contributed by atoms with van der Waals surface area (Å²) in [5.74, 6) is -0.406. The van der Waals surface area contributed by atoms with Crippen molar-refractivity contribution >= 4 is 22.2 Å². The van der Waals surface area contributed by atoms with E-state index in [1.54, 1.807) is 25.7 Å². The lowest BCUT2D eigenvalue weighted by Gasteiger charge is -2.35. The smallest absolute Gasteiger partial charge is 0.411 e. The summed E-state index contributed by atoms with van der Waals surface area (Å²) in [5.41, 5.74) is -0.726. The molecule has 9 heteroatoms. The Balaban J connectivity index is 1.77. The van der Waals surface area contributed by atoms with Crippen LogP contribution in [0, 0.1) is 0 Å². The molecular weight excluding hydrogens is 386 g/mol. The fourth-order valence-electron chi connectivity index (χ4n) is 4.10. The van der Waals surface area contributed by atoms with Gasteiger partial charge in [0.15, 0.2) is 5.60 Å². The van der Waals surface area contributed by atoms with Gasteiger partial charge in [-0.2, -0.15) is 8.42 Å². The Labute approximate surface area is 165 Å². The van der Waals surface area contributed by atoms with Gasteiger partial charge >= 0.3 is 12.1 Å². The molecule has 0 saturated carbocycles. The van der Waals surface area contributed by atoms with Gasteiger partial charge in [-0.3, -0.25) is 9.08 Å². The molecule has 2 bridgehead atoms. The normalized spacial score (nSPS) is 28.8. The number of likely N-dealkylation sites (tertiary alicyclic amines) is 1. The molecule has 1 aliphatic carbocycles. The molecule has 1 amide bonds. The molecule has 0 unspecified atom stereocenters. The molecule has 3 atom stereocenters.